The maximum atomic E-state index is 5.67. The van der Waals surface area contributed by atoms with Gasteiger partial charge in [-0.05, 0) is 26.3 Å². The smallest absolute Gasteiger partial charge is 0.0967 e. The van der Waals surface area contributed by atoms with Gasteiger partial charge in [0.1, 0.15) is 0 Å². The third kappa shape index (κ3) is 0.531. The lowest BCUT2D eigenvalue weighted by Gasteiger charge is -2.76. The highest BCUT2D eigenvalue weighted by Crippen LogP contribution is 2.79. The van der Waals surface area contributed by atoms with Crippen LogP contribution < -0.4 is 0 Å². The molecule has 1 saturated carbocycles. The van der Waals surface area contributed by atoms with Crippen molar-refractivity contribution in [2.45, 2.75) is 40.2 Å². The molecule has 0 saturated heterocycles. The van der Waals surface area contributed by atoms with Gasteiger partial charge < -0.3 is 4.74 Å². The summed E-state index contributed by atoms with van der Waals surface area (Å²) in [4.78, 5) is 0. The van der Waals surface area contributed by atoms with Crippen molar-refractivity contribution in [1.82, 2.24) is 0 Å². The molecule has 14 heavy (non-hydrogen) atoms. The van der Waals surface area contributed by atoms with Crippen molar-refractivity contribution in [2.75, 3.05) is 7.11 Å². The molecule has 1 heteroatoms. The minimum Gasteiger partial charge on any atom is -0.373 e. The van der Waals surface area contributed by atoms with Gasteiger partial charge in [-0.2, -0.15) is 0 Å². The van der Waals surface area contributed by atoms with Crippen molar-refractivity contribution in [3.05, 3.63) is 23.3 Å². The Morgan fingerprint density at radius 2 is 1.57 bits per heavy atom. The van der Waals surface area contributed by atoms with E-state index in [1.807, 2.05) is 0 Å². The van der Waals surface area contributed by atoms with Gasteiger partial charge in [0.15, 0.2) is 0 Å². The summed E-state index contributed by atoms with van der Waals surface area (Å²) in [5.74, 6) is 0. The van der Waals surface area contributed by atoms with E-state index in [1.165, 1.54) is 16.7 Å². The number of methoxy groups -OCH3 is 1. The Kier molecular flexibility index (Phi) is 1.54. The number of ether oxygens (including phenoxy) is 1. The Morgan fingerprint density at radius 3 is 2.00 bits per heavy atom. The first-order valence-electron chi connectivity index (χ1n) is 5.22. The molecule has 78 valence electrons. The van der Waals surface area contributed by atoms with E-state index in [9.17, 15) is 0 Å². The van der Waals surface area contributed by atoms with Crippen molar-refractivity contribution in [3.8, 4) is 0 Å². The van der Waals surface area contributed by atoms with Crippen molar-refractivity contribution in [1.29, 1.82) is 0 Å². The largest absolute Gasteiger partial charge is 0.373 e. The molecule has 2 aliphatic carbocycles. The average molecular weight is 192 g/mol. The molecule has 0 aliphatic heterocycles. The molecular weight excluding hydrogens is 172 g/mol. The maximum Gasteiger partial charge on any atom is 0.0967 e. The fourth-order valence-electron chi connectivity index (χ4n) is 3.84. The molecule has 0 amide bonds. The Hall–Kier alpha value is -0.560. The molecule has 0 radical (unpaired) electrons. The van der Waals surface area contributed by atoms with Gasteiger partial charge in [-0.15, -0.1) is 0 Å². The predicted molar refractivity (Wildman–Crippen MR) is 59.1 cm³/mol. The third-order valence-corrected chi connectivity index (χ3v) is 5.60. The fourth-order valence-corrected chi connectivity index (χ4v) is 3.84. The lowest BCUT2D eigenvalue weighted by atomic mass is 9.30. The molecule has 0 aromatic carbocycles. The van der Waals surface area contributed by atoms with Crippen LogP contribution in [0, 0.1) is 10.8 Å². The van der Waals surface area contributed by atoms with E-state index in [0.717, 1.165) is 0 Å². The van der Waals surface area contributed by atoms with Crippen molar-refractivity contribution in [3.63, 3.8) is 0 Å². The van der Waals surface area contributed by atoms with Crippen LogP contribution >= 0.6 is 0 Å². The van der Waals surface area contributed by atoms with Gasteiger partial charge in [0.05, 0.1) is 5.60 Å². The Morgan fingerprint density at radius 1 is 1.07 bits per heavy atom. The molecule has 0 aromatic rings. The first kappa shape index (κ1) is 9.97. The van der Waals surface area contributed by atoms with Gasteiger partial charge in [-0.3, -0.25) is 0 Å². The average Bonchev–Trinajstić information content (AvgIpc) is 2.22. The summed E-state index contributed by atoms with van der Waals surface area (Å²) in [5.41, 5.74) is 4.39. The summed E-state index contributed by atoms with van der Waals surface area (Å²) in [6.07, 6.45) is 0. The summed E-state index contributed by atoms with van der Waals surface area (Å²) in [6, 6.07) is 0. The number of fused-ring (bicyclic) bond motifs is 1. The highest BCUT2D eigenvalue weighted by molar-refractivity contribution is 5.62. The molecule has 0 unspecified atom stereocenters. The standard InChI is InChI=1S/C13H20O/c1-8-9(2)12(5)11(8,4)10(3)13(12,6)14-7/h3H2,1-2,4-7H3/t11-,12-,13-/m1/s1. The van der Waals surface area contributed by atoms with Crippen LogP contribution in [0.5, 0.6) is 0 Å². The van der Waals surface area contributed by atoms with E-state index in [2.05, 4.69) is 41.2 Å². The summed E-state index contributed by atoms with van der Waals surface area (Å²) in [6.45, 7) is 15.4. The molecule has 2 rings (SSSR count). The molecule has 1 fully saturated rings. The van der Waals surface area contributed by atoms with Crippen molar-refractivity contribution >= 4 is 0 Å². The van der Waals surface area contributed by atoms with Crippen LogP contribution in [0.4, 0.5) is 0 Å². The van der Waals surface area contributed by atoms with Crippen LogP contribution in [-0.2, 0) is 4.74 Å². The predicted octanol–water partition coefficient (Wildman–Crippen LogP) is 3.32. The molecule has 0 spiro atoms. The van der Waals surface area contributed by atoms with E-state index in [4.69, 9.17) is 4.74 Å². The quantitative estimate of drug-likeness (QED) is 0.579. The van der Waals surface area contributed by atoms with Crippen LogP contribution in [0.25, 0.3) is 0 Å². The highest BCUT2D eigenvalue weighted by Gasteiger charge is 2.77. The zero-order valence-electron chi connectivity index (χ0n) is 10.1. The fraction of sp³-hybridized carbons (Fsp3) is 0.692. The van der Waals surface area contributed by atoms with Gasteiger partial charge in [0.2, 0.25) is 0 Å². The third-order valence-electron chi connectivity index (χ3n) is 5.60. The lowest BCUT2D eigenvalue weighted by Crippen LogP contribution is -2.74. The van der Waals surface area contributed by atoms with Gasteiger partial charge in [0, 0.05) is 17.9 Å². The molecule has 1 nitrogen and oxygen atoms in total. The lowest BCUT2D eigenvalue weighted by molar-refractivity contribution is -0.180. The number of hydrogen-bond acceptors (Lipinski definition) is 1. The van der Waals surface area contributed by atoms with E-state index in [-0.39, 0.29) is 16.4 Å². The number of hydrogen-bond donors (Lipinski definition) is 0. The molecule has 0 heterocycles. The first-order chi connectivity index (χ1) is 6.28. The Balaban J connectivity index is 2.59. The second-order valence-corrected chi connectivity index (χ2v) is 5.22. The van der Waals surface area contributed by atoms with Crippen LogP contribution in [-0.4, -0.2) is 12.7 Å². The minimum absolute atomic E-state index is 0.161. The van der Waals surface area contributed by atoms with Gasteiger partial charge in [-0.25, -0.2) is 0 Å². The van der Waals surface area contributed by atoms with Crippen molar-refractivity contribution in [2.24, 2.45) is 10.8 Å². The second kappa shape index (κ2) is 2.16. The van der Waals surface area contributed by atoms with Gasteiger partial charge >= 0.3 is 0 Å². The maximum absolute atomic E-state index is 5.67. The normalized spacial score (nSPS) is 51.1. The van der Waals surface area contributed by atoms with Crippen LogP contribution in [0.1, 0.15) is 34.6 Å². The van der Waals surface area contributed by atoms with Crippen LogP contribution in [0.3, 0.4) is 0 Å². The molecular formula is C13H20O. The summed E-state index contributed by atoms with van der Waals surface area (Å²) in [7, 11) is 1.79. The molecule has 3 atom stereocenters. The molecule has 2 aliphatic rings. The summed E-state index contributed by atoms with van der Waals surface area (Å²) in [5, 5.41) is 0. The first-order valence-corrected chi connectivity index (χ1v) is 5.22. The summed E-state index contributed by atoms with van der Waals surface area (Å²) >= 11 is 0. The molecule has 0 N–H and O–H groups in total. The SMILES string of the molecule is C=C1[C@@]2(C)C(C)=C(C)[C@@]2(C)[C@]1(C)OC. The molecule has 0 aromatic heterocycles. The van der Waals surface area contributed by atoms with Gasteiger partial charge in [-0.1, -0.05) is 31.6 Å². The van der Waals surface area contributed by atoms with Gasteiger partial charge in [0.25, 0.3) is 0 Å². The highest BCUT2D eigenvalue weighted by atomic mass is 16.5. The van der Waals surface area contributed by atoms with E-state index >= 15 is 0 Å². The van der Waals surface area contributed by atoms with E-state index in [0.29, 0.717) is 0 Å². The van der Waals surface area contributed by atoms with Crippen LogP contribution in [0.15, 0.2) is 23.3 Å². The Bertz CT molecular complexity index is 365. The van der Waals surface area contributed by atoms with E-state index in [1.54, 1.807) is 7.11 Å². The van der Waals surface area contributed by atoms with E-state index < -0.39 is 0 Å². The topological polar surface area (TPSA) is 9.23 Å². The number of rotatable bonds is 1. The minimum atomic E-state index is -0.161. The Labute approximate surface area is 86.8 Å². The second-order valence-electron chi connectivity index (χ2n) is 5.22. The van der Waals surface area contributed by atoms with Crippen LogP contribution in [0.2, 0.25) is 0 Å². The number of allylic oxidation sites excluding steroid dienone is 1. The zero-order chi connectivity index (χ0) is 10.9. The summed E-state index contributed by atoms with van der Waals surface area (Å²) < 4.78 is 5.67. The zero-order valence-corrected chi connectivity index (χ0v) is 10.1. The van der Waals surface area contributed by atoms with Crippen molar-refractivity contribution < 1.29 is 4.74 Å². The molecule has 0 bridgehead atoms. The monoisotopic (exact) mass is 192 g/mol.